The van der Waals surface area contributed by atoms with Crippen LogP contribution in [-0.4, -0.2) is 30.7 Å². The maximum absolute atomic E-state index is 12.9. The van der Waals surface area contributed by atoms with E-state index in [4.69, 9.17) is 14.2 Å². The maximum atomic E-state index is 12.9. The number of ether oxygens (including phenoxy) is 3. The molecular formula is C33H22Br2N2O6. The quantitative estimate of drug-likeness (QED) is 0.0747. The topological polar surface area (TPSA) is 103 Å². The molecule has 1 amide bonds. The molecule has 0 saturated heterocycles. The summed E-state index contributed by atoms with van der Waals surface area (Å²) >= 11 is 6.67. The minimum absolute atomic E-state index is 0.00621. The summed E-state index contributed by atoms with van der Waals surface area (Å²) in [6.45, 7) is -0.239. The van der Waals surface area contributed by atoms with Gasteiger partial charge in [-0.3, -0.25) is 4.79 Å². The fourth-order valence-corrected chi connectivity index (χ4v) is 4.40. The van der Waals surface area contributed by atoms with Crippen LogP contribution in [0.1, 0.15) is 26.3 Å². The molecule has 0 aromatic heterocycles. The molecule has 0 aliphatic rings. The van der Waals surface area contributed by atoms with Crippen molar-refractivity contribution in [2.45, 2.75) is 0 Å². The van der Waals surface area contributed by atoms with Crippen LogP contribution < -0.4 is 19.6 Å². The molecule has 43 heavy (non-hydrogen) atoms. The van der Waals surface area contributed by atoms with E-state index < -0.39 is 17.8 Å². The summed E-state index contributed by atoms with van der Waals surface area (Å²) in [7, 11) is 0. The Labute approximate surface area is 263 Å². The van der Waals surface area contributed by atoms with Gasteiger partial charge in [-0.2, -0.15) is 5.10 Å². The summed E-state index contributed by atoms with van der Waals surface area (Å²) in [5, 5.41) is 6.05. The average Bonchev–Trinajstić information content (AvgIpc) is 3.01. The first-order chi connectivity index (χ1) is 20.8. The zero-order valence-electron chi connectivity index (χ0n) is 22.3. The molecular weight excluding hydrogens is 680 g/mol. The number of rotatable bonds is 9. The number of fused-ring (bicyclic) bond motifs is 1. The molecule has 5 aromatic carbocycles. The van der Waals surface area contributed by atoms with E-state index in [1.165, 1.54) is 18.3 Å². The summed E-state index contributed by atoms with van der Waals surface area (Å²) in [6, 6.07) is 31.2. The molecule has 0 heterocycles. The van der Waals surface area contributed by atoms with Crippen LogP contribution in [0.15, 0.2) is 123 Å². The van der Waals surface area contributed by atoms with Gasteiger partial charge in [-0.25, -0.2) is 15.0 Å². The monoisotopic (exact) mass is 700 g/mol. The zero-order valence-corrected chi connectivity index (χ0v) is 25.5. The van der Waals surface area contributed by atoms with Crippen LogP contribution in [0, 0.1) is 0 Å². The Kier molecular flexibility index (Phi) is 9.60. The number of nitrogens with zero attached hydrogens (tertiary/aromatic N) is 1. The highest BCUT2D eigenvalue weighted by molar-refractivity contribution is 9.10. The van der Waals surface area contributed by atoms with E-state index in [-0.39, 0.29) is 18.1 Å². The van der Waals surface area contributed by atoms with Gasteiger partial charge in [0, 0.05) is 8.95 Å². The molecule has 5 aromatic rings. The van der Waals surface area contributed by atoms with Crippen LogP contribution in [0.5, 0.6) is 17.2 Å². The second-order valence-electron chi connectivity index (χ2n) is 9.09. The third kappa shape index (κ3) is 8.15. The highest BCUT2D eigenvalue weighted by Gasteiger charge is 2.17. The van der Waals surface area contributed by atoms with Gasteiger partial charge in [-0.15, -0.1) is 0 Å². The predicted molar refractivity (Wildman–Crippen MR) is 170 cm³/mol. The Balaban J connectivity index is 1.27. The van der Waals surface area contributed by atoms with Crippen molar-refractivity contribution in [2.24, 2.45) is 5.10 Å². The molecule has 1 N–H and O–H groups in total. The van der Waals surface area contributed by atoms with Gasteiger partial charge in [0.25, 0.3) is 5.91 Å². The fraction of sp³-hybridized carbons (Fsp3) is 0.0303. The number of hydrogen-bond acceptors (Lipinski definition) is 7. The second-order valence-corrected chi connectivity index (χ2v) is 10.9. The number of amides is 1. The number of carbonyl (C=O) groups is 3. The van der Waals surface area contributed by atoms with Gasteiger partial charge in [0.15, 0.2) is 18.1 Å². The number of carbonyl (C=O) groups excluding carboxylic acids is 3. The second kappa shape index (κ2) is 13.9. The smallest absolute Gasteiger partial charge is 0.343 e. The van der Waals surface area contributed by atoms with Gasteiger partial charge >= 0.3 is 11.9 Å². The molecule has 0 aliphatic carbocycles. The van der Waals surface area contributed by atoms with Crippen molar-refractivity contribution in [3.63, 3.8) is 0 Å². The molecule has 5 rings (SSSR count). The van der Waals surface area contributed by atoms with Crippen molar-refractivity contribution >= 4 is 66.7 Å². The van der Waals surface area contributed by atoms with Gasteiger partial charge in [0.1, 0.15) is 5.75 Å². The molecule has 0 atom stereocenters. The molecule has 0 fully saturated rings. The third-order valence-electron chi connectivity index (χ3n) is 6.03. The number of esters is 2. The number of halogens is 2. The average molecular weight is 702 g/mol. The van der Waals surface area contributed by atoms with Gasteiger partial charge in [-0.05, 0) is 95.2 Å². The van der Waals surface area contributed by atoms with Crippen LogP contribution in [0.3, 0.4) is 0 Å². The lowest BCUT2D eigenvalue weighted by molar-refractivity contribution is -0.123. The molecule has 0 unspecified atom stereocenters. The number of nitrogens with one attached hydrogen (secondary N) is 1. The van der Waals surface area contributed by atoms with Crippen molar-refractivity contribution in [3.8, 4) is 17.2 Å². The van der Waals surface area contributed by atoms with E-state index in [9.17, 15) is 14.4 Å². The Morgan fingerprint density at radius 3 is 1.93 bits per heavy atom. The van der Waals surface area contributed by atoms with Crippen molar-refractivity contribution < 1.29 is 28.6 Å². The van der Waals surface area contributed by atoms with Gasteiger partial charge in [-0.1, -0.05) is 62.2 Å². The summed E-state index contributed by atoms with van der Waals surface area (Å²) in [5.41, 5.74) is 3.49. The maximum Gasteiger partial charge on any atom is 0.343 e. The predicted octanol–water partition coefficient (Wildman–Crippen LogP) is 7.33. The van der Waals surface area contributed by atoms with E-state index in [0.29, 0.717) is 22.4 Å². The summed E-state index contributed by atoms with van der Waals surface area (Å²) < 4.78 is 18.4. The Hall–Kier alpha value is -4.80. The molecule has 214 valence electrons. The minimum atomic E-state index is -0.651. The molecule has 0 spiro atoms. The lowest BCUT2D eigenvalue weighted by Gasteiger charge is -2.12. The first-order valence-corrected chi connectivity index (χ1v) is 14.5. The van der Waals surface area contributed by atoms with Crippen molar-refractivity contribution in [1.82, 2.24) is 5.43 Å². The van der Waals surface area contributed by atoms with E-state index in [0.717, 1.165) is 19.7 Å². The number of benzene rings is 5. The van der Waals surface area contributed by atoms with Gasteiger partial charge in [0.2, 0.25) is 0 Å². The van der Waals surface area contributed by atoms with Crippen molar-refractivity contribution in [3.05, 3.63) is 135 Å². The summed E-state index contributed by atoms with van der Waals surface area (Å²) in [5.74, 6) is -1.17. The highest BCUT2D eigenvalue weighted by Crippen LogP contribution is 2.30. The van der Waals surface area contributed by atoms with E-state index >= 15 is 0 Å². The normalized spacial score (nSPS) is 10.8. The fourth-order valence-electron chi connectivity index (χ4n) is 3.88. The molecule has 0 bridgehead atoms. The molecule has 10 heteroatoms. The van der Waals surface area contributed by atoms with Crippen LogP contribution in [-0.2, 0) is 4.79 Å². The Morgan fingerprint density at radius 1 is 0.674 bits per heavy atom. The zero-order chi connectivity index (χ0) is 30.2. The van der Waals surface area contributed by atoms with E-state index in [1.807, 2.05) is 36.4 Å². The van der Waals surface area contributed by atoms with Crippen molar-refractivity contribution in [2.75, 3.05) is 6.61 Å². The van der Waals surface area contributed by atoms with Crippen molar-refractivity contribution in [1.29, 1.82) is 0 Å². The largest absolute Gasteiger partial charge is 0.484 e. The van der Waals surface area contributed by atoms with Crippen LogP contribution in [0.2, 0.25) is 0 Å². The summed E-state index contributed by atoms with van der Waals surface area (Å²) in [4.78, 5) is 37.9. The number of hydrogen-bond donors (Lipinski definition) is 1. The molecule has 0 aliphatic heterocycles. The van der Waals surface area contributed by atoms with Crippen LogP contribution >= 0.6 is 31.9 Å². The lowest BCUT2D eigenvalue weighted by atomic mass is 10.1. The van der Waals surface area contributed by atoms with Crippen LogP contribution in [0.4, 0.5) is 0 Å². The SMILES string of the molecule is O=C(COc1ccc2ccccc2c1)NN=Cc1ccc(OC(=O)c2ccc(Br)cc2)c(OC(=O)c2ccc(Br)cc2)c1. The Bertz CT molecular complexity index is 1820. The van der Waals surface area contributed by atoms with Crippen LogP contribution in [0.25, 0.3) is 10.8 Å². The van der Waals surface area contributed by atoms with E-state index in [2.05, 4.69) is 42.4 Å². The van der Waals surface area contributed by atoms with Gasteiger partial charge in [0.05, 0.1) is 17.3 Å². The molecule has 0 saturated carbocycles. The first kappa shape index (κ1) is 29.7. The van der Waals surface area contributed by atoms with E-state index in [1.54, 1.807) is 60.7 Å². The minimum Gasteiger partial charge on any atom is -0.484 e. The number of hydrazone groups is 1. The standard InChI is InChI=1S/C33H22Br2N2O6/c34-26-11-6-23(7-12-26)32(39)42-29-16-5-21(17-30(29)43-33(40)24-8-13-27(35)14-9-24)19-36-37-31(38)20-41-28-15-10-22-3-1-2-4-25(22)18-28/h1-19H,20H2,(H,37,38). The third-order valence-corrected chi connectivity index (χ3v) is 7.08. The van der Waals surface area contributed by atoms with Gasteiger partial charge < -0.3 is 14.2 Å². The highest BCUT2D eigenvalue weighted by atomic mass is 79.9. The molecule has 0 radical (unpaired) electrons. The summed E-state index contributed by atoms with van der Waals surface area (Å²) in [6.07, 6.45) is 1.37. The lowest BCUT2D eigenvalue weighted by Crippen LogP contribution is -2.24. The first-order valence-electron chi connectivity index (χ1n) is 12.9. The molecule has 8 nitrogen and oxygen atoms in total. The Morgan fingerprint density at radius 2 is 1.28 bits per heavy atom.